The number of nitrogens with one attached hydrogen (secondary N) is 1. The normalized spacial score (nSPS) is 14.2. The maximum absolute atomic E-state index is 12.1. The molecule has 0 spiro atoms. The van der Waals surface area contributed by atoms with Crippen molar-refractivity contribution < 1.29 is 17.9 Å². The van der Waals surface area contributed by atoms with Crippen LogP contribution in [-0.4, -0.2) is 23.9 Å². The summed E-state index contributed by atoms with van der Waals surface area (Å²) in [6.45, 7) is 7.07. The molecule has 0 fully saturated rings. The van der Waals surface area contributed by atoms with Crippen LogP contribution in [0.3, 0.4) is 0 Å². The van der Waals surface area contributed by atoms with Gasteiger partial charge in [-0.05, 0) is 44.7 Å². The average Bonchev–Trinajstić information content (AvgIpc) is 2.35. The average molecular weight is 307 g/mol. The molecule has 1 aromatic rings. The Balaban J connectivity index is 2.60. The first-order chi connectivity index (χ1) is 9.13. The fourth-order valence-electron chi connectivity index (χ4n) is 1.55. The van der Waals surface area contributed by atoms with Crippen LogP contribution in [0.25, 0.3) is 0 Å². The molecule has 0 heterocycles. The Kier molecular flexibility index (Phi) is 5.77. The molecule has 0 aliphatic carbocycles. The van der Waals surface area contributed by atoms with Gasteiger partial charge in [0.2, 0.25) is 0 Å². The van der Waals surface area contributed by atoms with Crippen LogP contribution in [0.5, 0.6) is 5.75 Å². The van der Waals surface area contributed by atoms with Gasteiger partial charge < -0.3 is 10.1 Å². The van der Waals surface area contributed by atoms with Gasteiger partial charge in [-0.1, -0.05) is 12.1 Å². The molecule has 0 amide bonds. The Hall–Kier alpha value is -0.880. The van der Waals surface area contributed by atoms with Gasteiger partial charge in [-0.15, -0.1) is 13.2 Å². The number of halogens is 3. The van der Waals surface area contributed by atoms with Crippen LogP contribution in [-0.2, 0) is 0 Å². The molecule has 0 aliphatic heterocycles. The topological polar surface area (TPSA) is 21.3 Å². The third-order valence-electron chi connectivity index (χ3n) is 3.00. The fourth-order valence-corrected chi connectivity index (χ4v) is 1.77. The van der Waals surface area contributed by atoms with Gasteiger partial charge in [0, 0.05) is 17.3 Å². The molecule has 0 saturated carbocycles. The van der Waals surface area contributed by atoms with E-state index >= 15 is 0 Å². The van der Waals surface area contributed by atoms with Crippen molar-refractivity contribution in [2.45, 2.75) is 37.9 Å². The van der Waals surface area contributed by atoms with Gasteiger partial charge in [-0.2, -0.15) is 11.8 Å². The zero-order valence-electron chi connectivity index (χ0n) is 12.0. The molecule has 2 nitrogen and oxygen atoms in total. The second-order valence-electron chi connectivity index (χ2n) is 5.18. The van der Waals surface area contributed by atoms with E-state index in [0.717, 1.165) is 12.1 Å². The van der Waals surface area contributed by atoms with E-state index in [0.29, 0.717) is 0 Å². The molecule has 114 valence electrons. The number of benzene rings is 1. The van der Waals surface area contributed by atoms with Gasteiger partial charge in [0.25, 0.3) is 0 Å². The van der Waals surface area contributed by atoms with E-state index in [2.05, 4.69) is 30.2 Å². The minimum absolute atomic E-state index is 0.0707. The van der Waals surface area contributed by atoms with Crippen LogP contribution < -0.4 is 10.1 Å². The molecule has 1 N–H and O–H groups in total. The van der Waals surface area contributed by atoms with Gasteiger partial charge in [-0.3, -0.25) is 0 Å². The van der Waals surface area contributed by atoms with Gasteiger partial charge >= 0.3 is 6.36 Å². The van der Waals surface area contributed by atoms with Crippen LogP contribution in [0.2, 0.25) is 0 Å². The maximum Gasteiger partial charge on any atom is 0.573 e. The lowest BCUT2D eigenvalue weighted by Gasteiger charge is -2.25. The lowest BCUT2D eigenvalue weighted by Crippen LogP contribution is -2.33. The molecule has 1 unspecified atom stereocenters. The van der Waals surface area contributed by atoms with Gasteiger partial charge in [0.05, 0.1) is 0 Å². The van der Waals surface area contributed by atoms with Crippen LogP contribution in [0.4, 0.5) is 13.2 Å². The number of rotatable bonds is 6. The SMILES string of the molecule is CSC(C)(C)CNC(C)c1ccc(OC(F)(F)F)cc1. The summed E-state index contributed by atoms with van der Waals surface area (Å²) in [6.07, 6.45) is -2.59. The van der Waals surface area contributed by atoms with Gasteiger partial charge in [-0.25, -0.2) is 0 Å². The highest BCUT2D eigenvalue weighted by Crippen LogP contribution is 2.25. The number of thioether (sulfide) groups is 1. The smallest absolute Gasteiger partial charge is 0.406 e. The van der Waals surface area contributed by atoms with Crippen molar-refractivity contribution in [3.8, 4) is 5.75 Å². The van der Waals surface area contributed by atoms with Crippen LogP contribution in [0.1, 0.15) is 32.4 Å². The van der Waals surface area contributed by atoms with Crippen LogP contribution in [0.15, 0.2) is 24.3 Å². The Morgan fingerprint density at radius 3 is 2.20 bits per heavy atom. The molecule has 1 rings (SSSR count). The van der Waals surface area contributed by atoms with Crippen molar-refractivity contribution in [2.75, 3.05) is 12.8 Å². The lowest BCUT2D eigenvalue weighted by atomic mass is 10.1. The van der Waals surface area contributed by atoms with Crippen LogP contribution in [0, 0.1) is 0 Å². The highest BCUT2D eigenvalue weighted by molar-refractivity contribution is 7.99. The van der Waals surface area contributed by atoms with Crippen LogP contribution >= 0.6 is 11.8 Å². The summed E-state index contributed by atoms with van der Waals surface area (Å²) in [5.74, 6) is -0.196. The summed E-state index contributed by atoms with van der Waals surface area (Å²) in [6, 6.07) is 6.03. The standard InChI is InChI=1S/C14H20F3NOS/c1-10(18-9-13(2,3)20-4)11-5-7-12(8-6-11)19-14(15,16)17/h5-8,10,18H,9H2,1-4H3. The van der Waals surface area contributed by atoms with Gasteiger partial charge in [0.15, 0.2) is 0 Å². The molecule has 6 heteroatoms. The molecular weight excluding hydrogens is 287 g/mol. The van der Waals surface area contributed by atoms with E-state index in [1.807, 2.05) is 6.92 Å². The van der Waals surface area contributed by atoms with E-state index in [4.69, 9.17) is 0 Å². The summed E-state index contributed by atoms with van der Waals surface area (Å²) in [7, 11) is 0. The summed E-state index contributed by atoms with van der Waals surface area (Å²) < 4.78 is 40.1. The highest BCUT2D eigenvalue weighted by atomic mass is 32.2. The maximum atomic E-state index is 12.1. The van der Waals surface area contributed by atoms with E-state index in [1.165, 1.54) is 12.1 Å². The molecular formula is C14H20F3NOS. The minimum Gasteiger partial charge on any atom is -0.406 e. The van der Waals surface area contributed by atoms with Crippen molar-refractivity contribution in [1.82, 2.24) is 5.32 Å². The monoisotopic (exact) mass is 307 g/mol. The Bertz CT molecular complexity index is 417. The third-order valence-corrected chi connectivity index (χ3v) is 4.25. The fraction of sp³-hybridized carbons (Fsp3) is 0.571. The predicted octanol–water partition coefficient (Wildman–Crippen LogP) is 4.38. The molecule has 0 aromatic heterocycles. The Labute approximate surface area is 122 Å². The number of hydrogen-bond acceptors (Lipinski definition) is 3. The first kappa shape index (κ1) is 17.2. The molecule has 0 radical (unpaired) electrons. The molecule has 20 heavy (non-hydrogen) atoms. The summed E-state index contributed by atoms with van der Waals surface area (Å²) >= 11 is 1.77. The summed E-state index contributed by atoms with van der Waals surface area (Å²) in [4.78, 5) is 0. The first-order valence-corrected chi connectivity index (χ1v) is 7.50. The molecule has 0 aliphatic rings. The van der Waals surface area contributed by atoms with E-state index in [1.54, 1.807) is 23.9 Å². The van der Waals surface area contributed by atoms with Crippen molar-refractivity contribution in [3.05, 3.63) is 29.8 Å². The minimum atomic E-state index is -4.65. The third kappa shape index (κ3) is 6.05. The zero-order valence-corrected chi connectivity index (χ0v) is 12.9. The molecule has 1 aromatic carbocycles. The van der Waals surface area contributed by atoms with E-state index < -0.39 is 6.36 Å². The summed E-state index contributed by atoms with van der Waals surface area (Å²) in [5, 5.41) is 3.37. The molecule has 1 atom stereocenters. The summed E-state index contributed by atoms with van der Waals surface area (Å²) in [5.41, 5.74) is 0.927. The van der Waals surface area contributed by atoms with Crippen molar-refractivity contribution >= 4 is 11.8 Å². The first-order valence-electron chi connectivity index (χ1n) is 6.27. The molecule has 0 bridgehead atoms. The second-order valence-corrected chi connectivity index (χ2v) is 6.70. The second kappa shape index (κ2) is 6.72. The quantitative estimate of drug-likeness (QED) is 0.843. The number of alkyl halides is 3. The van der Waals surface area contributed by atoms with Crippen molar-refractivity contribution in [1.29, 1.82) is 0 Å². The molecule has 0 saturated heterocycles. The largest absolute Gasteiger partial charge is 0.573 e. The van der Waals surface area contributed by atoms with E-state index in [-0.39, 0.29) is 16.5 Å². The van der Waals surface area contributed by atoms with E-state index in [9.17, 15) is 13.2 Å². The predicted molar refractivity (Wildman–Crippen MR) is 77.1 cm³/mol. The highest BCUT2D eigenvalue weighted by Gasteiger charge is 2.31. The lowest BCUT2D eigenvalue weighted by molar-refractivity contribution is -0.274. The van der Waals surface area contributed by atoms with Crippen molar-refractivity contribution in [3.63, 3.8) is 0 Å². The van der Waals surface area contributed by atoms with Crippen molar-refractivity contribution in [2.24, 2.45) is 0 Å². The zero-order chi connectivity index (χ0) is 15.4. The Morgan fingerprint density at radius 2 is 1.75 bits per heavy atom. The number of ether oxygens (including phenoxy) is 1. The number of hydrogen-bond donors (Lipinski definition) is 1. The Morgan fingerprint density at radius 1 is 1.20 bits per heavy atom. The van der Waals surface area contributed by atoms with Gasteiger partial charge in [0.1, 0.15) is 5.75 Å².